The van der Waals surface area contributed by atoms with Crippen molar-refractivity contribution in [3.63, 3.8) is 0 Å². The number of benzene rings is 1. The monoisotopic (exact) mass is 300 g/mol. The molecule has 1 aliphatic carbocycles. The van der Waals surface area contributed by atoms with Crippen molar-refractivity contribution < 1.29 is 0 Å². The molecule has 0 amide bonds. The van der Waals surface area contributed by atoms with Crippen LogP contribution < -0.4 is 21.3 Å². The Hall–Kier alpha value is -2.24. The lowest BCUT2D eigenvalue weighted by molar-refractivity contribution is 0.305. The molecule has 3 rings (SSSR count). The van der Waals surface area contributed by atoms with Gasteiger partial charge in [-0.05, 0) is 43.9 Å². The molecule has 1 spiro atoms. The summed E-state index contributed by atoms with van der Waals surface area (Å²) in [5.74, 6) is 0.727. The number of aliphatic imine (C=N–C) groups is 2. The van der Waals surface area contributed by atoms with Crippen LogP contribution in [0.3, 0.4) is 0 Å². The summed E-state index contributed by atoms with van der Waals surface area (Å²) in [5, 5.41) is 0. The normalized spacial score (nSPS) is 20.5. The van der Waals surface area contributed by atoms with Gasteiger partial charge in [0, 0.05) is 25.5 Å². The van der Waals surface area contributed by atoms with Crippen LogP contribution >= 0.6 is 0 Å². The molecule has 0 atom stereocenters. The van der Waals surface area contributed by atoms with Crippen molar-refractivity contribution in [1.82, 2.24) is 0 Å². The van der Waals surface area contributed by atoms with Gasteiger partial charge in [0.15, 0.2) is 0 Å². The fourth-order valence-corrected chi connectivity index (χ4v) is 3.41. The molecule has 6 nitrogen and oxygen atoms in total. The van der Waals surface area contributed by atoms with Gasteiger partial charge in [0.2, 0.25) is 11.9 Å². The lowest BCUT2D eigenvalue weighted by atomic mass is 9.87. The fraction of sp³-hybridized carbons (Fsp3) is 0.500. The molecule has 22 heavy (non-hydrogen) atoms. The number of nitrogens with zero attached hydrogens (tertiary/aromatic N) is 4. The first-order valence-corrected chi connectivity index (χ1v) is 7.79. The zero-order valence-corrected chi connectivity index (χ0v) is 13.3. The van der Waals surface area contributed by atoms with E-state index in [0.29, 0.717) is 11.9 Å². The van der Waals surface area contributed by atoms with Gasteiger partial charge in [-0.25, -0.2) is 4.99 Å². The summed E-state index contributed by atoms with van der Waals surface area (Å²) in [6.07, 6.45) is 5.41. The molecule has 118 valence electrons. The highest BCUT2D eigenvalue weighted by molar-refractivity contribution is 6.05. The second kappa shape index (κ2) is 5.51. The van der Waals surface area contributed by atoms with E-state index < -0.39 is 0 Å². The van der Waals surface area contributed by atoms with Crippen LogP contribution in [0.5, 0.6) is 0 Å². The Morgan fingerprint density at radius 3 is 2.55 bits per heavy atom. The molecule has 1 saturated carbocycles. The summed E-state index contributed by atoms with van der Waals surface area (Å²) in [4.78, 5) is 13.0. The smallest absolute Gasteiger partial charge is 0.220 e. The van der Waals surface area contributed by atoms with Gasteiger partial charge in [-0.15, -0.1) is 0 Å². The van der Waals surface area contributed by atoms with Crippen LogP contribution in [-0.2, 0) is 0 Å². The minimum Gasteiger partial charge on any atom is -0.378 e. The number of nitrogens with two attached hydrogens (primary N) is 2. The topological polar surface area (TPSA) is 83.2 Å². The summed E-state index contributed by atoms with van der Waals surface area (Å²) in [5.41, 5.74) is 13.9. The van der Waals surface area contributed by atoms with E-state index in [2.05, 4.69) is 33.0 Å². The van der Waals surface area contributed by atoms with Crippen LogP contribution in [0, 0.1) is 0 Å². The maximum absolute atomic E-state index is 6.23. The number of guanidine groups is 2. The third kappa shape index (κ3) is 2.49. The average molecular weight is 300 g/mol. The molecule has 0 bridgehead atoms. The van der Waals surface area contributed by atoms with Crippen LogP contribution in [-0.4, -0.2) is 31.7 Å². The van der Waals surface area contributed by atoms with E-state index in [-0.39, 0.29) is 5.66 Å². The van der Waals surface area contributed by atoms with Crippen molar-refractivity contribution in [3.05, 3.63) is 24.3 Å². The molecule has 0 unspecified atom stereocenters. The predicted octanol–water partition coefficient (Wildman–Crippen LogP) is 1.86. The van der Waals surface area contributed by atoms with Crippen LogP contribution in [0.1, 0.15) is 32.1 Å². The van der Waals surface area contributed by atoms with Gasteiger partial charge >= 0.3 is 0 Å². The van der Waals surface area contributed by atoms with Gasteiger partial charge in [0.1, 0.15) is 5.66 Å². The second-order valence-electron chi connectivity index (χ2n) is 6.23. The molecule has 6 heteroatoms. The molecule has 1 aliphatic heterocycles. The molecule has 0 aromatic heterocycles. The molecular formula is C16H24N6. The molecule has 1 fully saturated rings. The van der Waals surface area contributed by atoms with Crippen molar-refractivity contribution in [2.24, 2.45) is 21.5 Å². The Labute approximate surface area is 131 Å². The minimum atomic E-state index is -0.376. The van der Waals surface area contributed by atoms with E-state index in [9.17, 15) is 0 Å². The van der Waals surface area contributed by atoms with Crippen molar-refractivity contribution >= 4 is 23.3 Å². The SMILES string of the molecule is CN(C)c1cccc(N2C(N)=NC(N)=NC23CCCCC3)c1. The van der Waals surface area contributed by atoms with Crippen LogP contribution in [0.2, 0.25) is 0 Å². The summed E-state index contributed by atoms with van der Waals surface area (Å²) < 4.78 is 0. The zero-order valence-electron chi connectivity index (χ0n) is 13.3. The van der Waals surface area contributed by atoms with E-state index in [1.165, 1.54) is 6.42 Å². The van der Waals surface area contributed by atoms with Crippen LogP contribution in [0.4, 0.5) is 11.4 Å². The maximum Gasteiger partial charge on any atom is 0.220 e. The van der Waals surface area contributed by atoms with Gasteiger partial charge in [0.25, 0.3) is 0 Å². The van der Waals surface area contributed by atoms with Gasteiger partial charge in [0.05, 0.1) is 0 Å². The van der Waals surface area contributed by atoms with Gasteiger partial charge in [-0.2, -0.15) is 4.99 Å². The molecule has 0 saturated heterocycles. The largest absolute Gasteiger partial charge is 0.378 e. The molecule has 1 heterocycles. The van der Waals surface area contributed by atoms with E-state index in [1.807, 2.05) is 20.2 Å². The summed E-state index contributed by atoms with van der Waals surface area (Å²) >= 11 is 0. The summed E-state index contributed by atoms with van der Waals surface area (Å²) in [6, 6.07) is 8.29. The minimum absolute atomic E-state index is 0.291. The number of rotatable bonds is 2. The quantitative estimate of drug-likeness (QED) is 0.873. The number of anilines is 2. The third-order valence-corrected chi connectivity index (χ3v) is 4.46. The van der Waals surface area contributed by atoms with Crippen molar-refractivity contribution in [2.45, 2.75) is 37.8 Å². The maximum atomic E-state index is 6.23. The Balaban J connectivity index is 2.06. The second-order valence-corrected chi connectivity index (χ2v) is 6.23. The lowest BCUT2D eigenvalue weighted by Gasteiger charge is -2.45. The van der Waals surface area contributed by atoms with Gasteiger partial charge in [-0.1, -0.05) is 12.5 Å². The van der Waals surface area contributed by atoms with Crippen molar-refractivity contribution in [2.75, 3.05) is 23.9 Å². The number of hydrogen-bond acceptors (Lipinski definition) is 6. The molecule has 1 aromatic carbocycles. The highest BCUT2D eigenvalue weighted by Gasteiger charge is 2.42. The van der Waals surface area contributed by atoms with Gasteiger partial charge < -0.3 is 16.4 Å². The summed E-state index contributed by atoms with van der Waals surface area (Å²) in [6.45, 7) is 0. The lowest BCUT2D eigenvalue weighted by Crippen LogP contribution is -2.58. The van der Waals surface area contributed by atoms with Crippen LogP contribution in [0.15, 0.2) is 34.3 Å². The fourth-order valence-electron chi connectivity index (χ4n) is 3.41. The average Bonchev–Trinajstić information content (AvgIpc) is 2.47. The first-order valence-electron chi connectivity index (χ1n) is 7.79. The molecule has 2 aliphatic rings. The van der Waals surface area contributed by atoms with E-state index in [1.54, 1.807) is 0 Å². The molecule has 0 radical (unpaired) electrons. The van der Waals surface area contributed by atoms with E-state index in [4.69, 9.17) is 16.5 Å². The predicted molar refractivity (Wildman–Crippen MR) is 92.3 cm³/mol. The Bertz CT molecular complexity index is 613. The third-order valence-electron chi connectivity index (χ3n) is 4.46. The van der Waals surface area contributed by atoms with E-state index >= 15 is 0 Å². The number of hydrogen-bond donors (Lipinski definition) is 2. The van der Waals surface area contributed by atoms with E-state index in [0.717, 1.165) is 37.1 Å². The molecule has 4 N–H and O–H groups in total. The zero-order chi connectivity index (χ0) is 15.7. The van der Waals surface area contributed by atoms with Gasteiger partial charge in [-0.3, -0.25) is 4.90 Å². The first-order chi connectivity index (χ1) is 10.5. The highest BCUT2D eigenvalue weighted by atomic mass is 15.4. The molecular weight excluding hydrogens is 276 g/mol. The van der Waals surface area contributed by atoms with Crippen molar-refractivity contribution in [1.29, 1.82) is 0 Å². The standard InChI is InChI=1S/C16H24N6/c1-21(2)12-7-6-8-13(11-12)22-15(18)19-14(17)20-16(22)9-4-3-5-10-16/h6-8,11H,3-5,9-10H2,1-2H3,(H4,17,18,19,20). The van der Waals surface area contributed by atoms with Crippen molar-refractivity contribution in [3.8, 4) is 0 Å². The first kappa shape index (κ1) is 14.7. The molecule has 1 aromatic rings. The Kier molecular flexibility index (Phi) is 3.68. The Morgan fingerprint density at radius 1 is 1.14 bits per heavy atom. The Morgan fingerprint density at radius 2 is 1.86 bits per heavy atom. The summed E-state index contributed by atoms with van der Waals surface area (Å²) in [7, 11) is 4.05. The highest BCUT2D eigenvalue weighted by Crippen LogP contribution is 2.40. The van der Waals surface area contributed by atoms with Crippen LogP contribution in [0.25, 0.3) is 0 Å².